The average Bonchev–Trinajstić information content (AvgIpc) is 2.46. The monoisotopic (exact) mass is 303 g/mol. The lowest BCUT2D eigenvalue weighted by molar-refractivity contribution is 0.588. The topological polar surface area (TPSA) is 28.2 Å². The Kier molecular flexibility index (Phi) is 5.59. The molecule has 0 aliphatic heterocycles. The summed E-state index contributed by atoms with van der Waals surface area (Å²) < 4.78 is 0. The highest BCUT2D eigenvalue weighted by molar-refractivity contribution is 6.30. The van der Waals surface area contributed by atoms with Crippen LogP contribution in [0.15, 0.2) is 42.6 Å². The van der Waals surface area contributed by atoms with E-state index in [0.29, 0.717) is 6.04 Å². The summed E-state index contributed by atoms with van der Waals surface area (Å²) in [6, 6.07) is 12.5. The third-order valence-electron chi connectivity index (χ3n) is 3.28. The fourth-order valence-corrected chi connectivity index (χ4v) is 2.34. The van der Waals surface area contributed by atoms with E-state index in [1.807, 2.05) is 36.5 Å². The Hall–Kier alpha value is -1.58. The Balaban J connectivity index is 2.18. The van der Waals surface area contributed by atoms with Crippen molar-refractivity contribution >= 4 is 17.3 Å². The molecule has 2 aromatic rings. The van der Waals surface area contributed by atoms with E-state index in [1.165, 1.54) is 5.56 Å². The molecule has 0 fully saturated rings. The second kappa shape index (κ2) is 7.43. The van der Waals surface area contributed by atoms with Crippen molar-refractivity contribution < 1.29 is 0 Å². The zero-order valence-corrected chi connectivity index (χ0v) is 13.6. The van der Waals surface area contributed by atoms with Crippen molar-refractivity contribution in [2.45, 2.75) is 33.0 Å². The summed E-state index contributed by atoms with van der Waals surface area (Å²) in [6.45, 7) is 5.88. The molecule has 0 amide bonds. The first kappa shape index (κ1) is 15.8. The molecular weight excluding hydrogens is 282 g/mol. The molecule has 2 rings (SSSR count). The van der Waals surface area contributed by atoms with Crippen LogP contribution in [0.4, 0.5) is 5.69 Å². The standard InChI is InChI=1S/C17H22ClN3/c1-13(2)20-11-14-7-8-15(18)10-17(14)21(3)12-16-6-4-5-9-19-16/h4-10,13,20H,11-12H2,1-3H3. The lowest BCUT2D eigenvalue weighted by Crippen LogP contribution is -2.24. The van der Waals surface area contributed by atoms with Crippen molar-refractivity contribution in [1.82, 2.24) is 10.3 Å². The number of rotatable bonds is 6. The van der Waals surface area contributed by atoms with Crippen molar-refractivity contribution in [2.75, 3.05) is 11.9 Å². The highest BCUT2D eigenvalue weighted by Crippen LogP contribution is 2.25. The maximum Gasteiger partial charge on any atom is 0.0598 e. The third kappa shape index (κ3) is 4.73. The molecule has 1 aromatic carbocycles. The molecule has 0 saturated heterocycles. The smallest absolute Gasteiger partial charge is 0.0598 e. The fraction of sp³-hybridized carbons (Fsp3) is 0.353. The quantitative estimate of drug-likeness (QED) is 0.878. The highest BCUT2D eigenvalue weighted by atomic mass is 35.5. The predicted octanol–water partition coefficient (Wildman–Crippen LogP) is 3.87. The van der Waals surface area contributed by atoms with Gasteiger partial charge in [-0.15, -0.1) is 0 Å². The number of hydrogen-bond donors (Lipinski definition) is 1. The number of nitrogens with zero attached hydrogens (tertiary/aromatic N) is 2. The van der Waals surface area contributed by atoms with Crippen LogP contribution >= 0.6 is 11.6 Å². The lowest BCUT2D eigenvalue weighted by atomic mass is 10.1. The second-order valence-corrected chi connectivity index (χ2v) is 5.92. The zero-order valence-electron chi connectivity index (χ0n) is 12.8. The average molecular weight is 304 g/mol. The van der Waals surface area contributed by atoms with E-state index in [2.05, 4.69) is 42.2 Å². The lowest BCUT2D eigenvalue weighted by Gasteiger charge is -2.23. The minimum Gasteiger partial charge on any atom is -0.368 e. The van der Waals surface area contributed by atoms with Crippen molar-refractivity contribution in [1.29, 1.82) is 0 Å². The first-order chi connectivity index (χ1) is 10.1. The van der Waals surface area contributed by atoms with Crippen molar-refractivity contribution in [3.63, 3.8) is 0 Å². The van der Waals surface area contributed by atoms with Gasteiger partial charge in [-0.25, -0.2) is 0 Å². The number of hydrogen-bond acceptors (Lipinski definition) is 3. The summed E-state index contributed by atoms with van der Waals surface area (Å²) in [6.07, 6.45) is 1.82. The molecule has 0 aliphatic carbocycles. The molecule has 0 spiro atoms. The van der Waals surface area contributed by atoms with Crippen molar-refractivity contribution in [3.05, 3.63) is 58.9 Å². The summed E-state index contributed by atoms with van der Waals surface area (Å²) in [5.74, 6) is 0. The Morgan fingerprint density at radius 2 is 2.05 bits per heavy atom. The molecule has 4 heteroatoms. The van der Waals surface area contributed by atoms with Gasteiger partial charge in [0.25, 0.3) is 0 Å². The van der Waals surface area contributed by atoms with E-state index >= 15 is 0 Å². The van der Waals surface area contributed by atoms with E-state index in [1.54, 1.807) is 0 Å². The Morgan fingerprint density at radius 1 is 1.24 bits per heavy atom. The molecule has 0 radical (unpaired) electrons. The molecular formula is C17H22ClN3. The van der Waals surface area contributed by atoms with Crippen LogP contribution < -0.4 is 10.2 Å². The molecule has 1 N–H and O–H groups in total. The molecule has 3 nitrogen and oxygen atoms in total. The number of aromatic nitrogens is 1. The van der Waals surface area contributed by atoms with Gasteiger partial charge >= 0.3 is 0 Å². The number of benzene rings is 1. The van der Waals surface area contributed by atoms with Gasteiger partial charge in [0.1, 0.15) is 0 Å². The molecule has 1 aromatic heterocycles. The molecule has 0 aliphatic rings. The Bertz CT molecular complexity index is 570. The summed E-state index contributed by atoms with van der Waals surface area (Å²) in [5.41, 5.74) is 3.43. The van der Waals surface area contributed by atoms with Gasteiger partial charge in [-0.2, -0.15) is 0 Å². The van der Waals surface area contributed by atoms with Gasteiger partial charge in [0.05, 0.1) is 12.2 Å². The maximum atomic E-state index is 6.16. The van der Waals surface area contributed by atoms with Crippen LogP contribution in [0.2, 0.25) is 5.02 Å². The predicted molar refractivity (Wildman–Crippen MR) is 89.8 cm³/mol. The minimum absolute atomic E-state index is 0.453. The van der Waals surface area contributed by atoms with Crippen LogP contribution in [0.25, 0.3) is 0 Å². The third-order valence-corrected chi connectivity index (χ3v) is 3.52. The van der Waals surface area contributed by atoms with Crippen LogP contribution in [-0.2, 0) is 13.1 Å². The van der Waals surface area contributed by atoms with Gasteiger partial charge in [-0.1, -0.05) is 37.6 Å². The van der Waals surface area contributed by atoms with E-state index < -0.39 is 0 Å². The molecule has 0 saturated carbocycles. The molecule has 112 valence electrons. The van der Waals surface area contributed by atoms with Crippen LogP contribution in [0.1, 0.15) is 25.1 Å². The highest BCUT2D eigenvalue weighted by Gasteiger charge is 2.10. The van der Waals surface area contributed by atoms with Gasteiger partial charge in [0, 0.05) is 36.5 Å². The fourth-order valence-electron chi connectivity index (χ4n) is 2.18. The van der Waals surface area contributed by atoms with Gasteiger partial charge in [0.2, 0.25) is 0 Å². The van der Waals surface area contributed by atoms with Crippen LogP contribution in [-0.4, -0.2) is 18.1 Å². The zero-order chi connectivity index (χ0) is 15.2. The maximum absolute atomic E-state index is 6.16. The Morgan fingerprint density at radius 3 is 2.71 bits per heavy atom. The molecule has 1 heterocycles. The number of pyridine rings is 1. The first-order valence-electron chi connectivity index (χ1n) is 7.19. The summed E-state index contributed by atoms with van der Waals surface area (Å²) in [7, 11) is 2.07. The first-order valence-corrected chi connectivity index (χ1v) is 7.57. The van der Waals surface area contributed by atoms with Gasteiger partial charge in [0.15, 0.2) is 0 Å². The van der Waals surface area contributed by atoms with Crippen molar-refractivity contribution in [2.24, 2.45) is 0 Å². The molecule has 0 bridgehead atoms. The largest absolute Gasteiger partial charge is 0.368 e. The number of nitrogens with one attached hydrogen (secondary N) is 1. The molecule has 21 heavy (non-hydrogen) atoms. The Labute approximate surface area is 132 Å². The van der Waals surface area contributed by atoms with Gasteiger partial charge in [-0.3, -0.25) is 4.98 Å². The molecule has 0 unspecified atom stereocenters. The molecule has 0 atom stereocenters. The number of anilines is 1. The van der Waals surface area contributed by atoms with E-state index in [4.69, 9.17) is 11.6 Å². The second-order valence-electron chi connectivity index (χ2n) is 5.49. The summed E-state index contributed by atoms with van der Waals surface area (Å²) in [5, 5.41) is 4.21. The number of halogens is 1. The normalized spacial score (nSPS) is 10.9. The van der Waals surface area contributed by atoms with Crippen LogP contribution in [0.5, 0.6) is 0 Å². The van der Waals surface area contributed by atoms with Crippen molar-refractivity contribution in [3.8, 4) is 0 Å². The SMILES string of the molecule is CC(C)NCc1ccc(Cl)cc1N(C)Cc1ccccn1. The van der Waals surface area contributed by atoms with Gasteiger partial charge in [-0.05, 0) is 29.8 Å². The van der Waals surface area contributed by atoms with E-state index in [0.717, 1.165) is 29.5 Å². The van der Waals surface area contributed by atoms with E-state index in [-0.39, 0.29) is 0 Å². The summed E-state index contributed by atoms with van der Waals surface area (Å²) >= 11 is 6.16. The van der Waals surface area contributed by atoms with Crippen LogP contribution in [0.3, 0.4) is 0 Å². The van der Waals surface area contributed by atoms with E-state index in [9.17, 15) is 0 Å². The summed E-state index contributed by atoms with van der Waals surface area (Å²) in [4.78, 5) is 6.57. The minimum atomic E-state index is 0.453. The van der Waals surface area contributed by atoms with Crippen LogP contribution in [0, 0.1) is 0 Å². The van der Waals surface area contributed by atoms with Gasteiger partial charge < -0.3 is 10.2 Å².